The van der Waals surface area contributed by atoms with Crippen LogP contribution in [0.2, 0.25) is 10.0 Å². The van der Waals surface area contributed by atoms with Crippen LogP contribution >= 0.6 is 23.2 Å². The fourth-order valence-corrected chi connectivity index (χ4v) is 6.21. The summed E-state index contributed by atoms with van der Waals surface area (Å²) in [6.45, 7) is 2.21. The van der Waals surface area contributed by atoms with Gasteiger partial charge in [0.1, 0.15) is 6.04 Å². The van der Waals surface area contributed by atoms with E-state index >= 15 is 0 Å². The van der Waals surface area contributed by atoms with Crippen molar-refractivity contribution in [2.45, 2.75) is 30.3 Å². The first-order valence-electron chi connectivity index (χ1n) is 10.1. The minimum atomic E-state index is -4.12. The maximum Gasteiger partial charge on any atom is 0.323 e. The Bertz CT molecular complexity index is 1160. The molecule has 0 unspecified atom stereocenters. The van der Waals surface area contributed by atoms with Crippen LogP contribution in [0.15, 0.2) is 47.4 Å². The van der Waals surface area contributed by atoms with Crippen LogP contribution in [0.4, 0.5) is 5.69 Å². The lowest BCUT2D eigenvalue weighted by Gasteiger charge is -2.41. The van der Waals surface area contributed by atoms with Gasteiger partial charge in [-0.15, -0.1) is 0 Å². The third kappa shape index (κ3) is 5.47. The van der Waals surface area contributed by atoms with Gasteiger partial charge in [-0.2, -0.15) is 4.31 Å². The fourth-order valence-electron chi connectivity index (χ4n) is 3.95. The second kappa shape index (κ2) is 10.4. The van der Waals surface area contributed by atoms with Crippen molar-refractivity contribution in [3.05, 3.63) is 68.2 Å². The molecule has 178 valence electrons. The smallest absolute Gasteiger partial charge is 0.323 e. The number of methoxy groups -OCH3 is 1. The minimum Gasteiger partial charge on any atom is -0.468 e. The van der Waals surface area contributed by atoms with Crippen LogP contribution in [-0.2, 0) is 26.0 Å². The standard InChI is InChI=1S/C21H23Cl2N3O6S/c1-14-13-24(19(21(27)32-2)11-15-7-8-16(22)12-17(15)23)9-10-25(14)33(30,31)20-6-4-3-5-18(20)26(28)29/h3-8,12,14,19H,9-11,13H2,1-2H3/t14-,19-/m0/s1. The lowest BCUT2D eigenvalue weighted by molar-refractivity contribution is -0.387. The number of carbonyl (C=O) groups excluding carboxylic acids is 1. The van der Waals surface area contributed by atoms with Gasteiger partial charge in [-0.1, -0.05) is 41.4 Å². The average Bonchev–Trinajstić information content (AvgIpc) is 2.77. The third-order valence-electron chi connectivity index (χ3n) is 5.59. The number of nitro benzene ring substituents is 1. The quantitative estimate of drug-likeness (QED) is 0.315. The normalized spacial score (nSPS) is 18.6. The summed E-state index contributed by atoms with van der Waals surface area (Å²) < 4.78 is 32.7. The molecule has 33 heavy (non-hydrogen) atoms. The van der Waals surface area contributed by atoms with Crippen molar-refractivity contribution in [1.29, 1.82) is 0 Å². The van der Waals surface area contributed by atoms with E-state index in [0.717, 1.165) is 6.07 Å². The van der Waals surface area contributed by atoms with E-state index in [2.05, 4.69) is 0 Å². The number of carbonyl (C=O) groups is 1. The number of ether oxygens (including phenoxy) is 1. The highest BCUT2D eigenvalue weighted by atomic mass is 35.5. The molecule has 0 aromatic heterocycles. The SMILES string of the molecule is COC(=O)[C@H](Cc1ccc(Cl)cc1Cl)N1CCN(S(=O)(=O)c2ccccc2[N+](=O)[O-])[C@@H](C)C1. The van der Waals surface area contributed by atoms with Crippen molar-refractivity contribution >= 4 is 44.9 Å². The summed E-state index contributed by atoms with van der Waals surface area (Å²) in [5, 5.41) is 12.2. The summed E-state index contributed by atoms with van der Waals surface area (Å²) in [7, 11) is -2.83. The predicted molar refractivity (Wildman–Crippen MR) is 124 cm³/mol. The van der Waals surface area contributed by atoms with Crippen LogP contribution in [-0.4, -0.2) is 67.3 Å². The minimum absolute atomic E-state index is 0.0530. The van der Waals surface area contributed by atoms with Crippen LogP contribution in [0.3, 0.4) is 0 Å². The van der Waals surface area contributed by atoms with Crippen molar-refractivity contribution in [2.24, 2.45) is 0 Å². The van der Waals surface area contributed by atoms with Gasteiger partial charge in [0, 0.05) is 48.2 Å². The van der Waals surface area contributed by atoms with Gasteiger partial charge >= 0.3 is 5.97 Å². The summed E-state index contributed by atoms with van der Waals surface area (Å²) in [5.74, 6) is -0.469. The van der Waals surface area contributed by atoms with Crippen molar-refractivity contribution in [1.82, 2.24) is 9.21 Å². The Morgan fingerprint density at radius 3 is 2.55 bits per heavy atom. The van der Waals surface area contributed by atoms with E-state index < -0.39 is 38.7 Å². The largest absolute Gasteiger partial charge is 0.468 e. The van der Waals surface area contributed by atoms with Gasteiger partial charge in [-0.05, 0) is 30.7 Å². The summed E-state index contributed by atoms with van der Waals surface area (Å²) in [5.41, 5.74) is 0.232. The van der Waals surface area contributed by atoms with Crippen molar-refractivity contribution in [2.75, 3.05) is 26.7 Å². The highest BCUT2D eigenvalue weighted by molar-refractivity contribution is 7.89. The number of piperazine rings is 1. The Labute approximate surface area is 202 Å². The highest BCUT2D eigenvalue weighted by Gasteiger charge is 2.40. The number of nitro groups is 1. The molecule has 3 rings (SSSR count). The molecule has 12 heteroatoms. The molecule has 9 nitrogen and oxygen atoms in total. The number of hydrogen-bond acceptors (Lipinski definition) is 7. The van der Waals surface area contributed by atoms with E-state index in [1.54, 1.807) is 25.1 Å². The van der Waals surface area contributed by atoms with Gasteiger partial charge in [-0.25, -0.2) is 8.42 Å². The van der Waals surface area contributed by atoms with Crippen LogP contribution < -0.4 is 0 Å². The van der Waals surface area contributed by atoms with Crippen LogP contribution in [0, 0.1) is 10.1 Å². The average molecular weight is 516 g/mol. The molecular formula is C21H23Cl2N3O6S. The van der Waals surface area contributed by atoms with Gasteiger partial charge in [0.25, 0.3) is 5.69 Å². The zero-order valence-electron chi connectivity index (χ0n) is 18.0. The zero-order valence-corrected chi connectivity index (χ0v) is 20.3. The number of esters is 1. The molecular weight excluding hydrogens is 493 g/mol. The van der Waals surface area contributed by atoms with Gasteiger partial charge < -0.3 is 4.74 Å². The Balaban J connectivity index is 1.84. The van der Waals surface area contributed by atoms with E-state index in [-0.39, 0.29) is 31.0 Å². The molecule has 0 amide bonds. The second-order valence-corrected chi connectivity index (χ2v) is 10.4. The van der Waals surface area contributed by atoms with E-state index in [1.165, 1.54) is 29.6 Å². The van der Waals surface area contributed by atoms with E-state index in [9.17, 15) is 23.3 Å². The van der Waals surface area contributed by atoms with Crippen molar-refractivity contribution in [3.63, 3.8) is 0 Å². The molecule has 0 aliphatic carbocycles. The Hall–Kier alpha value is -2.24. The molecule has 1 aliphatic rings. The van der Waals surface area contributed by atoms with Crippen LogP contribution in [0.25, 0.3) is 0 Å². The van der Waals surface area contributed by atoms with E-state index in [0.29, 0.717) is 15.6 Å². The molecule has 1 fully saturated rings. The second-order valence-electron chi connectivity index (χ2n) is 7.66. The predicted octanol–water partition coefficient (Wildman–Crippen LogP) is 3.38. The van der Waals surface area contributed by atoms with Crippen LogP contribution in [0.1, 0.15) is 12.5 Å². The maximum absolute atomic E-state index is 13.2. The lowest BCUT2D eigenvalue weighted by Crippen LogP contribution is -2.58. The number of rotatable bonds is 7. The number of sulfonamides is 1. The molecule has 1 aliphatic heterocycles. The number of hydrogen-bond donors (Lipinski definition) is 0. The lowest BCUT2D eigenvalue weighted by atomic mass is 10.0. The van der Waals surface area contributed by atoms with Gasteiger partial charge in [0.2, 0.25) is 10.0 Å². The highest BCUT2D eigenvalue weighted by Crippen LogP contribution is 2.30. The molecule has 0 saturated carbocycles. The summed E-state index contributed by atoms with van der Waals surface area (Å²) in [4.78, 5) is 24.7. The van der Waals surface area contributed by atoms with Gasteiger partial charge in [-0.3, -0.25) is 19.8 Å². The number of benzene rings is 2. The number of nitrogens with zero attached hydrogens (tertiary/aromatic N) is 3. The number of halogens is 2. The van der Waals surface area contributed by atoms with Gasteiger partial charge in [0.05, 0.1) is 12.0 Å². The molecule has 2 atom stereocenters. The fraction of sp³-hybridized carbons (Fsp3) is 0.381. The molecule has 1 heterocycles. The summed E-state index contributed by atoms with van der Waals surface area (Å²) >= 11 is 12.2. The number of para-hydroxylation sites is 1. The molecule has 0 bridgehead atoms. The van der Waals surface area contributed by atoms with Crippen LogP contribution in [0.5, 0.6) is 0 Å². The first-order chi connectivity index (χ1) is 15.6. The monoisotopic (exact) mass is 515 g/mol. The molecule has 0 N–H and O–H groups in total. The topological polar surface area (TPSA) is 110 Å². The molecule has 2 aromatic carbocycles. The first kappa shape index (κ1) is 25.4. The molecule has 0 spiro atoms. The van der Waals surface area contributed by atoms with Gasteiger partial charge in [0.15, 0.2) is 4.90 Å². The third-order valence-corrected chi connectivity index (χ3v) is 8.24. The molecule has 2 aromatic rings. The molecule has 1 saturated heterocycles. The first-order valence-corrected chi connectivity index (χ1v) is 12.3. The van der Waals surface area contributed by atoms with Crippen molar-refractivity contribution in [3.8, 4) is 0 Å². The maximum atomic E-state index is 13.2. The molecule has 0 radical (unpaired) electrons. The summed E-state index contributed by atoms with van der Waals surface area (Å²) in [6, 6.07) is 9.03. The van der Waals surface area contributed by atoms with E-state index in [4.69, 9.17) is 27.9 Å². The van der Waals surface area contributed by atoms with Crippen molar-refractivity contribution < 1.29 is 22.9 Å². The Morgan fingerprint density at radius 2 is 1.94 bits per heavy atom. The van der Waals surface area contributed by atoms with E-state index in [1.807, 2.05) is 4.90 Å². The summed E-state index contributed by atoms with van der Waals surface area (Å²) in [6.07, 6.45) is 0.256. The Kier molecular flexibility index (Phi) is 7.96. The zero-order chi connectivity index (χ0) is 24.3. The Morgan fingerprint density at radius 1 is 1.24 bits per heavy atom.